The molecule has 0 bridgehead atoms. The molecule has 0 atom stereocenters. The smallest absolute Gasteiger partial charge is 0.189 e. The zero-order chi connectivity index (χ0) is 72.4. The summed E-state index contributed by atoms with van der Waals surface area (Å²) in [6, 6.07) is 128. The molecule has 24 aromatic rings. The van der Waals surface area contributed by atoms with Crippen LogP contribution in [0, 0.1) is 13.1 Å². The van der Waals surface area contributed by atoms with Crippen molar-refractivity contribution >= 4 is 163 Å². The van der Waals surface area contributed by atoms with Gasteiger partial charge in [0.2, 0.25) is 0 Å². The van der Waals surface area contributed by atoms with Crippen LogP contribution in [0.1, 0.15) is 0 Å². The molecule has 0 spiro atoms. The molecule has 0 saturated heterocycles. The monoisotopic (exact) mass is 1390 g/mol. The Morgan fingerprint density at radius 1 is 0.209 bits per heavy atom. The standard InChI is InChI=1S/C53H30N2.C52H29N3/c1-54-46-29-42-21-20-41-28-45(30-48-52(41)53(42)49(31-46)55(48)47-10-6-3-7-11-47)36-15-13-33-22-35(14-12-34(33)23-36)44-26-39-18-16-37-24-43(32-8-4-2-5-9-32)25-38-17-19-40(27-44)51(39)50(37)38;1-53-40-28-36-19-18-35-25-38(29-47-51(35)52(36)48(30-40)55(47)41-9-3-2-4-10-41)43-21-20-42(44-11-5-6-12-45(43)44)37-23-31-14-16-33-26-39(46-13-7-8-22-54-46)27-34-17-15-32(24-37)49(31)50(33)34/h2-31H;2-30H. The van der Waals surface area contributed by atoms with Crippen LogP contribution >= 0.6 is 0 Å². The van der Waals surface area contributed by atoms with Gasteiger partial charge in [0, 0.05) is 55.7 Å². The van der Waals surface area contributed by atoms with Crippen molar-refractivity contribution in [2.45, 2.75) is 0 Å². The third kappa shape index (κ3) is 9.42. The van der Waals surface area contributed by atoms with Gasteiger partial charge in [-0.25, -0.2) is 9.69 Å². The van der Waals surface area contributed by atoms with Gasteiger partial charge in [0.05, 0.1) is 29.9 Å². The zero-order valence-corrected chi connectivity index (χ0v) is 59.3. The Hall–Kier alpha value is -15.0. The average molecular weight is 1390 g/mol. The lowest BCUT2D eigenvalue weighted by Gasteiger charge is -2.16. The van der Waals surface area contributed by atoms with Gasteiger partial charge in [-0.1, -0.05) is 206 Å². The van der Waals surface area contributed by atoms with E-state index in [2.05, 4.69) is 339 Å². The van der Waals surface area contributed by atoms with Crippen LogP contribution in [-0.4, -0.2) is 14.1 Å². The minimum absolute atomic E-state index is 0.652. The molecule has 24 rings (SSSR count). The van der Waals surface area contributed by atoms with E-state index in [1.807, 2.05) is 42.6 Å². The maximum Gasteiger partial charge on any atom is 0.189 e. The molecular formula is C105H59N5. The second-order valence-corrected chi connectivity index (χ2v) is 29.5. The molecule has 0 aliphatic heterocycles. The second kappa shape index (κ2) is 23.7. The van der Waals surface area contributed by atoms with E-state index in [1.54, 1.807) is 0 Å². The number of nitrogens with zero attached hydrogens (tertiary/aromatic N) is 5. The summed E-state index contributed by atoms with van der Waals surface area (Å²) in [5.41, 5.74) is 22.2. The Balaban J connectivity index is 0.000000132. The van der Waals surface area contributed by atoms with E-state index < -0.39 is 0 Å². The number of pyridine rings is 1. The van der Waals surface area contributed by atoms with Crippen LogP contribution in [0.3, 0.4) is 0 Å². The summed E-state index contributed by atoms with van der Waals surface area (Å²) in [6.07, 6.45) is 1.86. The van der Waals surface area contributed by atoms with E-state index in [0.717, 1.165) is 55.5 Å². The van der Waals surface area contributed by atoms with Gasteiger partial charge in [0.15, 0.2) is 11.4 Å². The number of hydrogen-bond acceptors (Lipinski definition) is 1. The highest BCUT2D eigenvalue weighted by Crippen LogP contribution is 2.49. The van der Waals surface area contributed by atoms with E-state index in [9.17, 15) is 0 Å². The van der Waals surface area contributed by atoms with Gasteiger partial charge in [-0.3, -0.25) is 4.98 Å². The Kier molecular flexibility index (Phi) is 13.2. The number of benzene rings is 21. The largest absolute Gasteiger partial charge is 0.310 e. The van der Waals surface area contributed by atoms with Gasteiger partial charge < -0.3 is 9.13 Å². The molecule has 504 valence electrons. The molecule has 0 aliphatic rings. The molecule has 0 saturated carbocycles. The first-order valence-electron chi connectivity index (χ1n) is 37.4. The fourth-order valence-electron chi connectivity index (χ4n) is 18.5. The lowest BCUT2D eigenvalue weighted by molar-refractivity contribution is 1.18. The fourth-order valence-corrected chi connectivity index (χ4v) is 18.5. The topological polar surface area (TPSA) is 31.5 Å². The highest BCUT2D eigenvalue weighted by atomic mass is 15.0. The predicted octanol–water partition coefficient (Wildman–Crippen LogP) is 29.3. The molecule has 0 fully saturated rings. The first kappa shape index (κ1) is 61.3. The van der Waals surface area contributed by atoms with Gasteiger partial charge in [-0.05, 0) is 309 Å². The summed E-state index contributed by atoms with van der Waals surface area (Å²) in [5.74, 6) is 0. The highest BCUT2D eigenvalue weighted by Gasteiger charge is 2.24. The molecule has 21 aromatic carbocycles. The van der Waals surface area contributed by atoms with Crippen LogP contribution in [0.25, 0.3) is 239 Å². The number of fused-ring (bicyclic) bond motifs is 2. The highest BCUT2D eigenvalue weighted by molar-refractivity contribution is 6.30. The normalized spacial score (nSPS) is 12.0. The molecule has 5 heteroatoms. The SMILES string of the molecule is [C-]#[N+]c1cc2ccc3cc(-c4ccc(-c5cc6ccc7cc(-c8ccccn8)cc8ccc(c5)c6c78)c5ccccc45)cc4c3c2c(c1)n4-c1ccccc1.[C-]#[N+]c1cc2ccc3cc(-c4ccc5cc(-c6cc7ccc8cc(-c9ccccc9)cc9ccc(c6)c7c89)ccc5c4)cc4c3c2c(c1)n4-c1ccccc1. The minimum atomic E-state index is 0.652. The number of hydrogen-bond donors (Lipinski definition) is 0. The summed E-state index contributed by atoms with van der Waals surface area (Å²) in [4.78, 5) is 12.3. The van der Waals surface area contributed by atoms with Gasteiger partial charge in [-0.15, -0.1) is 0 Å². The van der Waals surface area contributed by atoms with Crippen LogP contribution in [0.5, 0.6) is 0 Å². The minimum Gasteiger partial charge on any atom is -0.310 e. The van der Waals surface area contributed by atoms with Crippen LogP contribution in [0.4, 0.5) is 11.4 Å². The lowest BCUT2D eigenvalue weighted by Crippen LogP contribution is -1.93. The van der Waals surface area contributed by atoms with Crippen LogP contribution in [-0.2, 0) is 0 Å². The fraction of sp³-hybridized carbons (Fsp3) is 0. The van der Waals surface area contributed by atoms with Crippen molar-refractivity contribution in [1.29, 1.82) is 0 Å². The summed E-state index contributed by atoms with van der Waals surface area (Å²) >= 11 is 0. The summed E-state index contributed by atoms with van der Waals surface area (Å²) in [6.45, 7) is 15.6. The summed E-state index contributed by atoms with van der Waals surface area (Å²) in [5, 5.41) is 29.7. The quantitative estimate of drug-likeness (QED) is 0.110. The molecule has 3 aromatic heterocycles. The molecule has 5 nitrogen and oxygen atoms in total. The van der Waals surface area contributed by atoms with Gasteiger partial charge in [-0.2, -0.15) is 0 Å². The Bertz CT molecular complexity index is 7880. The van der Waals surface area contributed by atoms with Crippen LogP contribution in [0.2, 0.25) is 0 Å². The molecule has 0 unspecified atom stereocenters. The molecule has 0 aliphatic carbocycles. The van der Waals surface area contributed by atoms with Crippen LogP contribution < -0.4 is 0 Å². The van der Waals surface area contributed by atoms with Crippen molar-refractivity contribution in [3.8, 4) is 78.3 Å². The van der Waals surface area contributed by atoms with Crippen molar-refractivity contribution in [3.63, 3.8) is 0 Å². The maximum atomic E-state index is 7.84. The Morgan fingerprint density at radius 2 is 0.509 bits per heavy atom. The van der Waals surface area contributed by atoms with Crippen molar-refractivity contribution < 1.29 is 0 Å². The number of rotatable bonds is 8. The molecule has 0 radical (unpaired) electrons. The molecular weight excluding hydrogens is 1330 g/mol. The number of para-hydroxylation sites is 2. The van der Waals surface area contributed by atoms with E-state index in [1.165, 1.54) is 174 Å². The van der Waals surface area contributed by atoms with E-state index in [0.29, 0.717) is 11.4 Å². The van der Waals surface area contributed by atoms with Crippen LogP contribution in [0.15, 0.2) is 358 Å². The van der Waals surface area contributed by atoms with Crippen molar-refractivity contribution in [2.24, 2.45) is 0 Å². The Morgan fingerprint density at radius 3 is 0.909 bits per heavy atom. The summed E-state index contributed by atoms with van der Waals surface area (Å²) < 4.78 is 4.66. The van der Waals surface area contributed by atoms with Crippen molar-refractivity contribution in [2.75, 3.05) is 0 Å². The van der Waals surface area contributed by atoms with E-state index in [4.69, 9.17) is 13.1 Å². The van der Waals surface area contributed by atoms with Gasteiger partial charge in [0.1, 0.15) is 0 Å². The zero-order valence-electron chi connectivity index (χ0n) is 59.3. The molecule has 110 heavy (non-hydrogen) atoms. The molecule has 0 N–H and O–H groups in total. The predicted molar refractivity (Wildman–Crippen MR) is 464 cm³/mol. The first-order valence-corrected chi connectivity index (χ1v) is 37.4. The second-order valence-electron chi connectivity index (χ2n) is 29.5. The van der Waals surface area contributed by atoms with E-state index >= 15 is 0 Å². The van der Waals surface area contributed by atoms with Crippen molar-refractivity contribution in [3.05, 3.63) is 381 Å². The van der Waals surface area contributed by atoms with Crippen molar-refractivity contribution in [1.82, 2.24) is 14.1 Å². The summed E-state index contributed by atoms with van der Waals surface area (Å²) in [7, 11) is 0. The third-order valence-corrected chi connectivity index (χ3v) is 23.4. The Labute approximate surface area is 631 Å². The average Bonchev–Trinajstić information content (AvgIpc) is 1.42. The number of aromatic nitrogens is 3. The van der Waals surface area contributed by atoms with Gasteiger partial charge in [0.25, 0.3) is 0 Å². The first-order chi connectivity index (χ1) is 54.4. The van der Waals surface area contributed by atoms with E-state index in [-0.39, 0.29) is 0 Å². The molecule has 3 heterocycles. The lowest BCUT2D eigenvalue weighted by atomic mass is 9.87. The third-order valence-electron chi connectivity index (χ3n) is 23.4. The maximum absolute atomic E-state index is 7.84. The molecule has 0 amide bonds. The van der Waals surface area contributed by atoms with Gasteiger partial charge >= 0.3 is 0 Å².